The van der Waals surface area contributed by atoms with E-state index < -0.39 is 35.3 Å². The van der Waals surface area contributed by atoms with E-state index in [1.54, 1.807) is 30.3 Å². The number of ether oxygens (including phenoxy) is 3. The smallest absolute Gasteiger partial charge is 0.491 e. The number of hydrogen-bond donors (Lipinski definition) is 2. The highest BCUT2D eigenvalue weighted by molar-refractivity contribution is 6.00. The lowest BCUT2D eigenvalue weighted by molar-refractivity contribution is -0.275. The first-order valence-electron chi connectivity index (χ1n) is 11.3. The summed E-state index contributed by atoms with van der Waals surface area (Å²) in [5.41, 5.74) is -0.122. The van der Waals surface area contributed by atoms with Crippen LogP contribution in [0, 0.1) is 5.82 Å². The number of halogens is 4. The minimum Gasteiger partial charge on any atom is -0.491 e. The van der Waals surface area contributed by atoms with Gasteiger partial charge < -0.3 is 24.5 Å². The fourth-order valence-electron chi connectivity index (χ4n) is 4.46. The molecule has 0 radical (unpaired) electrons. The van der Waals surface area contributed by atoms with Crippen molar-refractivity contribution < 1.29 is 41.4 Å². The molecule has 0 saturated heterocycles. The normalized spacial score (nSPS) is 16.9. The number of aromatic amines is 1. The van der Waals surface area contributed by atoms with Gasteiger partial charge in [0.25, 0.3) is 5.91 Å². The summed E-state index contributed by atoms with van der Waals surface area (Å²) in [6.07, 6.45) is -3.50. The molecule has 196 valence electrons. The molecule has 0 spiro atoms. The number of rotatable bonds is 5. The van der Waals surface area contributed by atoms with Crippen LogP contribution in [0.4, 0.5) is 17.6 Å². The van der Waals surface area contributed by atoms with Crippen LogP contribution in [-0.4, -0.2) is 41.9 Å². The average molecular weight is 529 g/mol. The number of methoxy groups -OCH3 is 1. The fourth-order valence-corrected chi connectivity index (χ4v) is 4.46. The van der Waals surface area contributed by atoms with Crippen LogP contribution in [0.25, 0.3) is 10.9 Å². The molecule has 1 atom stereocenters. The summed E-state index contributed by atoms with van der Waals surface area (Å²) in [5, 5.41) is 3.57. The first-order valence-corrected chi connectivity index (χ1v) is 11.3. The van der Waals surface area contributed by atoms with E-state index in [0.717, 1.165) is 12.1 Å². The standard InChI is InChI=1S/C26H19F4N3O5/c1-36-24(35)19-11-14-4-5-15(12-18(14)32-19)23(34)33-25(8-10-37-21-3-2-9-31-22(21)25)16-6-7-20(17(27)13-16)38-26(28,29)30/h2-7,9,11-13,32H,8,10H2,1H3,(H,33,34). The van der Waals surface area contributed by atoms with Crippen molar-refractivity contribution in [3.8, 4) is 11.5 Å². The van der Waals surface area contributed by atoms with E-state index in [2.05, 4.69) is 20.0 Å². The number of carbonyl (C=O) groups is 2. The van der Waals surface area contributed by atoms with E-state index in [9.17, 15) is 27.2 Å². The van der Waals surface area contributed by atoms with Crippen molar-refractivity contribution >= 4 is 22.8 Å². The molecule has 2 aromatic heterocycles. The van der Waals surface area contributed by atoms with Gasteiger partial charge in [-0.2, -0.15) is 0 Å². The van der Waals surface area contributed by atoms with Gasteiger partial charge in [0.2, 0.25) is 0 Å². The number of carbonyl (C=O) groups excluding carboxylic acids is 2. The van der Waals surface area contributed by atoms with Crippen LogP contribution in [-0.2, 0) is 10.3 Å². The summed E-state index contributed by atoms with van der Waals surface area (Å²) in [6.45, 7) is 0.111. The molecule has 1 aliphatic rings. The topological polar surface area (TPSA) is 103 Å². The molecule has 0 bridgehead atoms. The number of nitrogens with zero attached hydrogens (tertiary/aromatic N) is 1. The van der Waals surface area contributed by atoms with Crippen molar-refractivity contribution in [2.75, 3.05) is 13.7 Å². The number of H-pyrrole nitrogens is 1. The lowest BCUT2D eigenvalue weighted by Gasteiger charge is -2.39. The molecule has 12 heteroatoms. The largest absolute Gasteiger partial charge is 0.573 e. The van der Waals surface area contributed by atoms with Gasteiger partial charge in [0.15, 0.2) is 11.6 Å². The van der Waals surface area contributed by atoms with Crippen molar-refractivity contribution in [2.45, 2.75) is 18.3 Å². The van der Waals surface area contributed by atoms with Crippen LogP contribution in [0.2, 0.25) is 0 Å². The third-order valence-corrected chi connectivity index (χ3v) is 6.18. The molecule has 38 heavy (non-hydrogen) atoms. The number of esters is 1. The van der Waals surface area contributed by atoms with Gasteiger partial charge in [-0.15, -0.1) is 13.2 Å². The van der Waals surface area contributed by atoms with Crippen molar-refractivity contribution in [3.05, 3.63) is 89.1 Å². The summed E-state index contributed by atoms with van der Waals surface area (Å²) in [6, 6.07) is 12.5. The number of fused-ring (bicyclic) bond motifs is 2. The van der Waals surface area contributed by atoms with Gasteiger partial charge >= 0.3 is 12.3 Å². The Balaban J connectivity index is 1.56. The second-order valence-corrected chi connectivity index (χ2v) is 8.48. The minimum absolute atomic E-state index is 0.110. The minimum atomic E-state index is -5.08. The summed E-state index contributed by atoms with van der Waals surface area (Å²) in [7, 11) is 1.25. The molecule has 1 amide bonds. The Labute approximate surface area is 212 Å². The van der Waals surface area contributed by atoms with Gasteiger partial charge in [-0.1, -0.05) is 12.1 Å². The molecule has 0 saturated carbocycles. The summed E-state index contributed by atoms with van der Waals surface area (Å²) in [5.74, 6) is -3.08. The van der Waals surface area contributed by atoms with Crippen LogP contribution in [0.5, 0.6) is 11.5 Å². The van der Waals surface area contributed by atoms with Gasteiger partial charge in [-0.05, 0) is 48.0 Å². The zero-order valence-electron chi connectivity index (χ0n) is 19.7. The molecular weight excluding hydrogens is 510 g/mol. The molecule has 5 rings (SSSR count). The third kappa shape index (κ3) is 4.60. The number of alkyl halides is 3. The van der Waals surface area contributed by atoms with E-state index in [1.807, 2.05) is 0 Å². The van der Waals surface area contributed by atoms with E-state index in [-0.39, 0.29) is 35.5 Å². The maximum Gasteiger partial charge on any atom is 0.573 e. The number of pyridine rings is 1. The highest BCUT2D eigenvalue weighted by Crippen LogP contribution is 2.42. The van der Waals surface area contributed by atoms with Crippen molar-refractivity contribution in [1.29, 1.82) is 0 Å². The van der Waals surface area contributed by atoms with Crippen LogP contribution in [0.3, 0.4) is 0 Å². The molecule has 0 aliphatic carbocycles. The van der Waals surface area contributed by atoms with Gasteiger partial charge in [0.05, 0.1) is 13.7 Å². The maximum absolute atomic E-state index is 14.8. The third-order valence-electron chi connectivity index (χ3n) is 6.18. The lowest BCUT2D eigenvalue weighted by atomic mass is 9.81. The van der Waals surface area contributed by atoms with E-state index in [1.165, 1.54) is 25.4 Å². The summed E-state index contributed by atoms with van der Waals surface area (Å²) in [4.78, 5) is 32.6. The maximum atomic E-state index is 14.8. The van der Waals surface area contributed by atoms with Gasteiger partial charge in [-0.25, -0.2) is 9.18 Å². The predicted octanol–water partition coefficient (Wildman–Crippen LogP) is 4.84. The molecule has 1 aliphatic heterocycles. The monoisotopic (exact) mass is 529 g/mol. The molecule has 3 heterocycles. The van der Waals surface area contributed by atoms with Gasteiger partial charge in [-0.3, -0.25) is 9.78 Å². The first kappa shape index (κ1) is 25.1. The van der Waals surface area contributed by atoms with Gasteiger partial charge in [0, 0.05) is 29.1 Å². The van der Waals surface area contributed by atoms with E-state index >= 15 is 0 Å². The summed E-state index contributed by atoms with van der Waals surface area (Å²) < 4.78 is 67.0. The summed E-state index contributed by atoms with van der Waals surface area (Å²) >= 11 is 0. The van der Waals surface area contributed by atoms with Crippen molar-refractivity contribution in [3.63, 3.8) is 0 Å². The van der Waals surface area contributed by atoms with Crippen molar-refractivity contribution in [2.24, 2.45) is 0 Å². The molecule has 8 nitrogen and oxygen atoms in total. The molecule has 1 unspecified atom stereocenters. The van der Waals surface area contributed by atoms with Gasteiger partial charge in [0.1, 0.15) is 22.7 Å². The van der Waals surface area contributed by atoms with E-state index in [4.69, 9.17) is 9.47 Å². The lowest BCUT2D eigenvalue weighted by Crippen LogP contribution is -2.50. The Hall–Kier alpha value is -4.61. The fraction of sp³-hybridized carbons (Fsp3) is 0.192. The molecule has 2 N–H and O–H groups in total. The van der Waals surface area contributed by atoms with Crippen molar-refractivity contribution in [1.82, 2.24) is 15.3 Å². The Morgan fingerprint density at radius 3 is 2.68 bits per heavy atom. The average Bonchev–Trinajstić information content (AvgIpc) is 3.32. The number of amides is 1. The van der Waals surface area contributed by atoms with Crippen LogP contribution in [0.1, 0.15) is 38.5 Å². The highest BCUT2D eigenvalue weighted by Gasteiger charge is 2.43. The Morgan fingerprint density at radius 1 is 1.13 bits per heavy atom. The highest BCUT2D eigenvalue weighted by atomic mass is 19.4. The zero-order chi connectivity index (χ0) is 27.1. The zero-order valence-corrected chi connectivity index (χ0v) is 19.7. The SMILES string of the molecule is COC(=O)c1cc2ccc(C(=O)NC3(c4ccc(OC(F)(F)F)c(F)c4)CCOc4cccnc43)cc2[nH]1. The van der Waals surface area contributed by atoms with Crippen LogP contribution in [0.15, 0.2) is 60.8 Å². The van der Waals surface area contributed by atoms with E-state index in [0.29, 0.717) is 16.7 Å². The van der Waals surface area contributed by atoms with Crippen LogP contribution >= 0.6 is 0 Å². The molecule has 0 fully saturated rings. The predicted molar refractivity (Wildman–Crippen MR) is 125 cm³/mol. The number of benzene rings is 2. The first-order chi connectivity index (χ1) is 18.1. The molecule has 4 aromatic rings. The number of hydrogen-bond acceptors (Lipinski definition) is 6. The quantitative estimate of drug-likeness (QED) is 0.283. The Morgan fingerprint density at radius 2 is 1.95 bits per heavy atom. The Kier molecular flexibility index (Phi) is 6.17. The van der Waals surface area contributed by atoms with Crippen LogP contribution < -0.4 is 14.8 Å². The number of aromatic nitrogens is 2. The Bertz CT molecular complexity index is 1550. The second-order valence-electron chi connectivity index (χ2n) is 8.48. The number of nitrogens with one attached hydrogen (secondary N) is 2. The molecular formula is C26H19F4N3O5. The molecule has 2 aromatic carbocycles. The second kappa shape index (κ2) is 9.36.